The lowest BCUT2D eigenvalue weighted by Crippen LogP contribution is -2.13. The SMILES string of the molecule is Cc1ccc(S(=O)(=O)CCC(=O)OCc2cc(-c3ccco3)on2)cc1. The van der Waals surface area contributed by atoms with Gasteiger partial charge in [0.25, 0.3) is 0 Å². The minimum Gasteiger partial charge on any atom is -0.461 e. The molecule has 3 aromatic rings. The Morgan fingerprint density at radius 1 is 1.15 bits per heavy atom. The number of carbonyl (C=O) groups is 1. The Balaban J connectivity index is 1.51. The van der Waals surface area contributed by atoms with Crippen molar-refractivity contribution >= 4 is 15.8 Å². The molecule has 0 bridgehead atoms. The standard InChI is InChI=1S/C18H17NO6S/c1-13-4-6-15(7-5-13)26(21,22)10-8-18(20)24-12-14-11-17(25-19-14)16-3-2-9-23-16/h2-7,9,11H,8,10,12H2,1H3. The summed E-state index contributed by atoms with van der Waals surface area (Å²) in [5, 5.41) is 3.78. The maximum Gasteiger partial charge on any atom is 0.307 e. The zero-order valence-corrected chi connectivity index (χ0v) is 14.9. The van der Waals surface area contributed by atoms with Crippen LogP contribution in [0.15, 0.2) is 62.6 Å². The molecular formula is C18H17NO6S. The van der Waals surface area contributed by atoms with E-state index in [1.165, 1.54) is 18.4 Å². The van der Waals surface area contributed by atoms with Crippen molar-refractivity contribution in [2.75, 3.05) is 5.75 Å². The number of aryl methyl sites for hydroxylation is 1. The van der Waals surface area contributed by atoms with E-state index in [-0.39, 0.29) is 23.7 Å². The first kappa shape index (κ1) is 17.9. The molecule has 0 amide bonds. The van der Waals surface area contributed by atoms with Crippen molar-refractivity contribution in [3.63, 3.8) is 0 Å². The van der Waals surface area contributed by atoms with Crippen LogP contribution in [-0.4, -0.2) is 25.3 Å². The van der Waals surface area contributed by atoms with Gasteiger partial charge in [0.05, 0.1) is 23.3 Å². The summed E-state index contributed by atoms with van der Waals surface area (Å²) in [5.74, 6) is -0.00348. The van der Waals surface area contributed by atoms with Gasteiger partial charge >= 0.3 is 5.97 Å². The molecule has 2 heterocycles. The second-order valence-corrected chi connectivity index (χ2v) is 7.81. The molecule has 0 spiro atoms. The lowest BCUT2D eigenvalue weighted by molar-refractivity contribution is -0.144. The average molecular weight is 375 g/mol. The summed E-state index contributed by atoms with van der Waals surface area (Å²) in [7, 11) is -3.53. The molecule has 0 unspecified atom stereocenters. The first-order chi connectivity index (χ1) is 12.4. The van der Waals surface area contributed by atoms with Gasteiger partial charge in [-0.1, -0.05) is 22.9 Å². The van der Waals surface area contributed by atoms with Crippen molar-refractivity contribution in [3.05, 3.63) is 60.0 Å². The highest BCUT2D eigenvalue weighted by molar-refractivity contribution is 7.91. The number of aromatic nitrogens is 1. The van der Waals surface area contributed by atoms with Crippen molar-refractivity contribution in [1.82, 2.24) is 5.16 Å². The maximum absolute atomic E-state index is 12.2. The molecule has 0 aliphatic heterocycles. The van der Waals surface area contributed by atoms with Gasteiger partial charge in [0.15, 0.2) is 15.6 Å². The second-order valence-electron chi connectivity index (χ2n) is 5.70. The number of benzene rings is 1. The van der Waals surface area contributed by atoms with Gasteiger partial charge in [0, 0.05) is 6.07 Å². The molecule has 2 aromatic heterocycles. The molecule has 136 valence electrons. The van der Waals surface area contributed by atoms with E-state index in [0.29, 0.717) is 17.2 Å². The van der Waals surface area contributed by atoms with Crippen LogP contribution in [0, 0.1) is 6.92 Å². The predicted molar refractivity (Wildman–Crippen MR) is 91.8 cm³/mol. The summed E-state index contributed by atoms with van der Waals surface area (Å²) in [4.78, 5) is 12.0. The Labute approximate surface area is 150 Å². The lowest BCUT2D eigenvalue weighted by atomic mass is 10.2. The summed E-state index contributed by atoms with van der Waals surface area (Å²) in [6.07, 6.45) is 1.27. The summed E-state index contributed by atoms with van der Waals surface area (Å²) < 4.78 is 39.7. The van der Waals surface area contributed by atoms with Gasteiger partial charge < -0.3 is 13.7 Å². The van der Waals surface area contributed by atoms with E-state index in [2.05, 4.69) is 5.16 Å². The van der Waals surface area contributed by atoms with Crippen LogP contribution in [0.2, 0.25) is 0 Å². The number of ether oxygens (including phenoxy) is 1. The van der Waals surface area contributed by atoms with Crippen molar-refractivity contribution in [3.8, 4) is 11.5 Å². The summed E-state index contributed by atoms with van der Waals surface area (Å²) >= 11 is 0. The molecule has 0 saturated carbocycles. The number of rotatable bonds is 7. The zero-order valence-electron chi connectivity index (χ0n) is 14.0. The van der Waals surface area contributed by atoms with Gasteiger partial charge in [-0.2, -0.15) is 0 Å². The van der Waals surface area contributed by atoms with E-state index in [1.54, 1.807) is 30.3 Å². The molecule has 0 atom stereocenters. The van der Waals surface area contributed by atoms with E-state index in [4.69, 9.17) is 13.7 Å². The van der Waals surface area contributed by atoms with E-state index in [9.17, 15) is 13.2 Å². The van der Waals surface area contributed by atoms with Crippen molar-refractivity contribution in [2.24, 2.45) is 0 Å². The van der Waals surface area contributed by atoms with Crippen LogP contribution >= 0.6 is 0 Å². The van der Waals surface area contributed by atoms with Crippen LogP contribution in [0.5, 0.6) is 0 Å². The molecular weight excluding hydrogens is 358 g/mol. The molecule has 26 heavy (non-hydrogen) atoms. The first-order valence-corrected chi connectivity index (χ1v) is 9.54. The minimum absolute atomic E-state index is 0.104. The summed E-state index contributed by atoms with van der Waals surface area (Å²) in [5.41, 5.74) is 1.37. The van der Waals surface area contributed by atoms with E-state index in [0.717, 1.165) is 5.56 Å². The van der Waals surface area contributed by atoms with Gasteiger partial charge in [0.1, 0.15) is 12.3 Å². The molecule has 8 heteroatoms. The topological polar surface area (TPSA) is 99.6 Å². The van der Waals surface area contributed by atoms with Crippen LogP contribution in [0.4, 0.5) is 0 Å². The van der Waals surface area contributed by atoms with Crippen molar-refractivity contribution < 1.29 is 26.9 Å². The molecule has 1 aromatic carbocycles. The van der Waals surface area contributed by atoms with Crippen LogP contribution in [-0.2, 0) is 26.0 Å². The van der Waals surface area contributed by atoms with Crippen LogP contribution in [0.25, 0.3) is 11.5 Å². The van der Waals surface area contributed by atoms with Gasteiger partial charge in [0.2, 0.25) is 5.76 Å². The Hall–Kier alpha value is -2.87. The second kappa shape index (κ2) is 7.57. The molecule has 3 rings (SSSR count). The highest BCUT2D eigenvalue weighted by Gasteiger charge is 2.17. The smallest absolute Gasteiger partial charge is 0.307 e. The number of sulfone groups is 1. The third kappa shape index (κ3) is 4.40. The van der Waals surface area contributed by atoms with Crippen LogP contribution in [0.3, 0.4) is 0 Å². The molecule has 0 aliphatic carbocycles. The summed E-state index contributed by atoms with van der Waals surface area (Å²) in [6.45, 7) is 1.77. The number of carbonyl (C=O) groups excluding carboxylic acids is 1. The number of hydrogen-bond acceptors (Lipinski definition) is 7. The van der Waals surface area contributed by atoms with Crippen molar-refractivity contribution in [2.45, 2.75) is 24.8 Å². The van der Waals surface area contributed by atoms with Crippen LogP contribution < -0.4 is 0 Å². The first-order valence-electron chi connectivity index (χ1n) is 7.88. The van der Waals surface area contributed by atoms with E-state index < -0.39 is 15.8 Å². The number of hydrogen-bond donors (Lipinski definition) is 0. The van der Waals surface area contributed by atoms with Gasteiger partial charge in [-0.3, -0.25) is 4.79 Å². The molecule has 0 N–H and O–H groups in total. The fourth-order valence-corrected chi connectivity index (χ4v) is 3.44. The van der Waals surface area contributed by atoms with Crippen LogP contribution in [0.1, 0.15) is 17.7 Å². The molecule has 0 aliphatic rings. The molecule has 0 saturated heterocycles. The Morgan fingerprint density at radius 3 is 2.62 bits per heavy atom. The zero-order chi connectivity index (χ0) is 18.6. The number of esters is 1. The molecule has 7 nitrogen and oxygen atoms in total. The quantitative estimate of drug-likeness (QED) is 0.585. The highest BCUT2D eigenvalue weighted by atomic mass is 32.2. The van der Waals surface area contributed by atoms with Gasteiger partial charge in [-0.05, 0) is 31.2 Å². The van der Waals surface area contributed by atoms with E-state index in [1.807, 2.05) is 6.92 Å². The number of furan rings is 1. The third-order valence-corrected chi connectivity index (χ3v) is 5.39. The van der Waals surface area contributed by atoms with Gasteiger partial charge in [-0.25, -0.2) is 8.42 Å². The Bertz CT molecular complexity index is 971. The fourth-order valence-electron chi connectivity index (χ4n) is 2.22. The fraction of sp³-hybridized carbons (Fsp3) is 0.222. The molecule has 0 fully saturated rings. The highest BCUT2D eigenvalue weighted by Crippen LogP contribution is 2.21. The predicted octanol–water partition coefficient (Wildman–Crippen LogP) is 3.15. The third-order valence-electron chi connectivity index (χ3n) is 3.66. The normalized spacial score (nSPS) is 11.4. The van der Waals surface area contributed by atoms with Crippen molar-refractivity contribution in [1.29, 1.82) is 0 Å². The largest absolute Gasteiger partial charge is 0.461 e. The average Bonchev–Trinajstić information content (AvgIpc) is 3.30. The maximum atomic E-state index is 12.2. The molecule has 0 radical (unpaired) electrons. The summed E-state index contributed by atoms with van der Waals surface area (Å²) in [6, 6.07) is 11.5. The lowest BCUT2D eigenvalue weighted by Gasteiger charge is -2.05. The Morgan fingerprint density at radius 2 is 1.92 bits per heavy atom. The number of nitrogens with zero attached hydrogens (tertiary/aromatic N) is 1. The van der Waals surface area contributed by atoms with Gasteiger partial charge in [-0.15, -0.1) is 0 Å². The van der Waals surface area contributed by atoms with E-state index >= 15 is 0 Å². The monoisotopic (exact) mass is 375 g/mol. The Kier molecular flexibility index (Phi) is 5.22. The minimum atomic E-state index is -3.53.